The van der Waals surface area contributed by atoms with Crippen LogP contribution < -0.4 is 5.73 Å². The van der Waals surface area contributed by atoms with Crippen molar-refractivity contribution in [1.82, 2.24) is 4.57 Å². The molecule has 1 heterocycles. The molecule has 0 fully saturated rings. The second kappa shape index (κ2) is 6.31. The first kappa shape index (κ1) is 16.9. The van der Waals surface area contributed by atoms with Crippen LogP contribution in [0.3, 0.4) is 0 Å². The molecule has 6 heteroatoms. The molecule has 1 aromatic heterocycles. The molecule has 26 heavy (non-hydrogen) atoms. The maximum atomic E-state index is 14.4. The summed E-state index contributed by atoms with van der Waals surface area (Å²) >= 11 is 12.1. The Morgan fingerprint density at radius 3 is 2.69 bits per heavy atom. The number of nitrogens with zero attached hydrogens (tertiary/aromatic N) is 1. The summed E-state index contributed by atoms with van der Waals surface area (Å²) in [6, 6.07) is 16.6. The van der Waals surface area contributed by atoms with Crippen molar-refractivity contribution in [3.05, 3.63) is 81.6 Å². The van der Waals surface area contributed by atoms with Crippen molar-refractivity contribution < 1.29 is 9.18 Å². The molecule has 2 N–H and O–H groups in total. The maximum Gasteiger partial charge on any atom is 0.249 e. The number of rotatable bonds is 3. The molecule has 0 atom stereocenters. The van der Waals surface area contributed by atoms with E-state index in [9.17, 15) is 9.18 Å². The third-order valence-corrected chi connectivity index (χ3v) is 4.89. The number of hydrogen-bond donors (Lipinski definition) is 1. The molecule has 0 spiro atoms. The molecule has 1 amide bonds. The van der Waals surface area contributed by atoms with Gasteiger partial charge in [-0.05, 0) is 36.4 Å². The zero-order chi connectivity index (χ0) is 18.4. The fourth-order valence-electron chi connectivity index (χ4n) is 3.25. The molecule has 0 saturated carbocycles. The smallest absolute Gasteiger partial charge is 0.249 e. The summed E-state index contributed by atoms with van der Waals surface area (Å²) in [5.74, 6) is -1.01. The predicted octanol–water partition coefficient (Wildman–Crippen LogP) is 5.19. The van der Waals surface area contributed by atoms with E-state index in [1.165, 1.54) is 6.07 Å². The van der Waals surface area contributed by atoms with Crippen molar-refractivity contribution in [1.29, 1.82) is 0 Å². The maximum absolute atomic E-state index is 14.4. The normalized spacial score (nSPS) is 11.3. The van der Waals surface area contributed by atoms with Gasteiger partial charge in [0, 0.05) is 26.9 Å². The summed E-state index contributed by atoms with van der Waals surface area (Å²) in [6.45, 7) is 0.225. The lowest BCUT2D eigenvalue weighted by Crippen LogP contribution is -2.11. The minimum atomic E-state index is -0.535. The van der Waals surface area contributed by atoms with Gasteiger partial charge in [-0.25, -0.2) is 4.39 Å². The molecule has 0 saturated heterocycles. The van der Waals surface area contributed by atoms with Crippen molar-refractivity contribution in [3.63, 3.8) is 0 Å². The Morgan fingerprint density at radius 2 is 1.92 bits per heavy atom. The number of carbonyl (C=O) groups excluding carboxylic acids is 1. The quantitative estimate of drug-likeness (QED) is 0.518. The van der Waals surface area contributed by atoms with Gasteiger partial charge in [0.05, 0.1) is 22.6 Å². The first-order valence-corrected chi connectivity index (χ1v) is 8.58. The SMILES string of the molecule is NC(=O)c1cccc2c1c1[c]cc(Cl)cc1n2Cc1cccc(Cl)c1F. The van der Waals surface area contributed by atoms with Crippen LogP contribution in [0.25, 0.3) is 21.8 Å². The highest BCUT2D eigenvalue weighted by Gasteiger charge is 2.18. The molecular weight excluding hydrogens is 374 g/mol. The number of amides is 1. The minimum absolute atomic E-state index is 0.0608. The minimum Gasteiger partial charge on any atom is -0.366 e. The van der Waals surface area contributed by atoms with Crippen molar-refractivity contribution >= 4 is 50.9 Å². The molecule has 0 aliphatic carbocycles. The first-order valence-electron chi connectivity index (χ1n) is 7.82. The first-order chi connectivity index (χ1) is 12.5. The van der Waals surface area contributed by atoms with Crippen LogP contribution in [0.2, 0.25) is 10.0 Å². The van der Waals surface area contributed by atoms with Gasteiger partial charge < -0.3 is 10.3 Å². The van der Waals surface area contributed by atoms with E-state index < -0.39 is 11.7 Å². The predicted molar refractivity (Wildman–Crippen MR) is 102 cm³/mol. The van der Waals surface area contributed by atoms with Crippen molar-refractivity contribution in [2.75, 3.05) is 0 Å². The van der Waals surface area contributed by atoms with E-state index in [4.69, 9.17) is 28.9 Å². The largest absolute Gasteiger partial charge is 0.366 e. The lowest BCUT2D eigenvalue weighted by atomic mass is 10.1. The third kappa shape index (κ3) is 2.62. The Bertz CT molecular complexity index is 1180. The van der Waals surface area contributed by atoms with Gasteiger partial charge in [-0.1, -0.05) is 41.4 Å². The number of halogens is 3. The van der Waals surface area contributed by atoms with Crippen molar-refractivity contribution in [2.24, 2.45) is 5.73 Å². The van der Waals surface area contributed by atoms with Gasteiger partial charge in [0.1, 0.15) is 5.82 Å². The van der Waals surface area contributed by atoms with Gasteiger partial charge in [0.2, 0.25) is 5.91 Å². The highest BCUT2D eigenvalue weighted by atomic mass is 35.5. The van der Waals surface area contributed by atoms with Crippen LogP contribution in [0.1, 0.15) is 15.9 Å². The average molecular weight is 386 g/mol. The summed E-state index contributed by atoms with van der Waals surface area (Å²) in [5, 5.41) is 1.94. The van der Waals surface area contributed by atoms with Gasteiger partial charge in [0.15, 0.2) is 0 Å². The highest BCUT2D eigenvalue weighted by molar-refractivity contribution is 6.32. The highest BCUT2D eigenvalue weighted by Crippen LogP contribution is 2.34. The number of aromatic nitrogens is 1. The topological polar surface area (TPSA) is 48.0 Å². The fraction of sp³-hybridized carbons (Fsp3) is 0.0500. The number of hydrogen-bond acceptors (Lipinski definition) is 1. The Kier molecular flexibility index (Phi) is 4.10. The van der Waals surface area contributed by atoms with E-state index in [0.717, 1.165) is 11.0 Å². The third-order valence-electron chi connectivity index (χ3n) is 4.38. The molecular formula is C20H12Cl2FN2O. The monoisotopic (exact) mass is 385 g/mol. The molecule has 3 aromatic carbocycles. The lowest BCUT2D eigenvalue weighted by molar-refractivity contribution is 0.100. The molecule has 4 rings (SSSR count). The van der Waals surface area contributed by atoms with E-state index in [1.807, 2.05) is 10.6 Å². The van der Waals surface area contributed by atoms with Crippen LogP contribution in [-0.4, -0.2) is 10.5 Å². The van der Waals surface area contributed by atoms with E-state index in [-0.39, 0.29) is 11.6 Å². The van der Waals surface area contributed by atoms with Crippen LogP contribution in [-0.2, 0) is 6.54 Å². The number of primary amides is 1. The Balaban J connectivity index is 2.07. The molecule has 129 valence electrons. The Hall–Kier alpha value is -2.56. The summed E-state index contributed by atoms with van der Waals surface area (Å²) in [6.07, 6.45) is 0. The fourth-order valence-corrected chi connectivity index (χ4v) is 3.60. The molecule has 0 bridgehead atoms. The second-order valence-corrected chi connectivity index (χ2v) is 6.78. The summed E-state index contributed by atoms with van der Waals surface area (Å²) in [7, 11) is 0. The van der Waals surface area contributed by atoms with Crippen LogP contribution in [0.5, 0.6) is 0 Å². The van der Waals surface area contributed by atoms with E-state index >= 15 is 0 Å². The summed E-state index contributed by atoms with van der Waals surface area (Å²) in [4.78, 5) is 11.9. The number of fused-ring (bicyclic) bond motifs is 3. The average Bonchev–Trinajstić information content (AvgIpc) is 2.92. The van der Waals surface area contributed by atoms with Gasteiger partial charge >= 0.3 is 0 Å². The molecule has 0 unspecified atom stereocenters. The summed E-state index contributed by atoms with van der Waals surface area (Å²) in [5.41, 5.74) is 7.84. The molecule has 4 aromatic rings. The molecule has 0 aliphatic rings. The van der Waals surface area contributed by atoms with E-state index in [0.29, 0.717) is 26.9 Å². The molecule has 3 nitrogen and oxygen atoms in total. The zero-order valence-corrected chi connectivity index (χ0v) is 14.9. The Morgan fingerprint density at radius 1 is 1.15 bits per heavy atom. The van der Waals surface area contributed by atoms with E-state index in [2.05, 4.69) is 6.07 Å². The van der Waals surface area contributed by atoms with Crippen LogP contribution in [0, 0.1) is 11.9 Å². The molecule has 0 aliphatic heterocycles. The number of benzene rings is 3. The second-order valence-electron chi connectivity index (χ2n) is 5.94. The van der Waals surface area contributed by atoms with E-state index in [1.54, 1.807) is 36.4 Å². The summed E-state index contributed by atoms with van der Waals surface area (Å²) < 4.78 is 16.3. The van der Waals surface area contributed by atoms with Gasteiger partial charge in [-0.15, -0.1) is 0 Å². The van der Waals surface area contributed by atoms with Gasteiger partial charge in [-0.3, -0.25) is 4.79 Å². The van der Waals surface area contributed by atoms with Gasteiger partial charge in [0.25, 0.3) is 0 Å². The van der Waals surface area contributed by atoms with Gasteiger partial charge in [-0.2, -0.15) is 0 Å². The Labute approximate surface area is 158 Å². The van der Waals surface area contributed by atoms with Crippen LogP contribution in [0.4, 0.5) is 4.39 Å². The number of carbonyl (C=O) groups is 1. The molecule has 1 radical (unpaired) electrons. The zero-order valence-electron chi connectivity index (χ0n) is 13.4. The lowest BCUT2D eigenvalue weighted by Gasteiger charge is -2.10. The number of nitrogens with two attached hydrogens (primary N) is 1. The van der Waals surface area contributed by atoms with Crippen molar-refractivity contribution in [3.8, 4) is 0 Å². The van der Waals surface area contributed by atoms with Crippen molar-refractivity contribution in [2.45, 2.75) is 6.54 Å². The van der Waals surface area contributed by atoms with Crippen LogP contribution >= 0.6 is 23.2 Å². The van der Waals surface area contributed by atoms with Crippen LogP contribution in [0.15, 0.2) is 48.5 Å². The standard InChI is InChI=1S/C20H12Cl2FN2O/c21-12-7-8-13-17(9-12)25(10-11-3-1-5-15(22)19(11)23)16-6-2-4-14(18(13)16)20(24)26/h1-7,9H,10H2,(H2,24,26).